The molecule has 0 saturated carbocycles. The van der Waals surface area contributed by atoms with Crippen LogP contribution >= 0.6 is 11.8 Å². The van der Waals surface area contributed by atoms with Crippen LogP contribution in [-0.2, 0) is 14.6 Å². The summed E-state index contributed by atoms with van der Waals surface area (Å²) in [4.78, 5) is 19.5. The number of hydrogen-bond acceptors (Lipinski definition) is 5. The van der Waals surface area contributed by atoms with Crippen molar-refractivity contribution in [3.05, 3.63) is 66.4 Å². The van der Waals surface area contributed by atoms with Crippen LogP contribution in [0.4, 0.5) is 0 Å². The Balaban J connectivity index is 1.64. The van der Waals surface area contributed by atoms with Crippen molar-refractivity contribution in [3.8, 4) is 16.9 Å². The van der Waals surface area contributed by atoms with Gasteiger partial charge in [0.15, 0.2) is 15.0 Å². The molecule has 0 spiro atoms. The summed E-state index contributed by atoms with van der Waals surface area (Å²) < 4.78 is 25.8. The van der Waals surface area contributed by atoms with E-state index in [1.54, 1.807) is 11.9 Å². The van der Waals surface area contributed by atoms with Gasteiger partial charge in [0.2, 0.25) is 5.91 Å². The van der Waals surface area contributed by atoms with Crippen molar-refractivity contribution in [2.45, 2.75) is 49.6 Å². The molecule has 6 nitrogen and oxygen atoms in total. The van der Waals surface area contributed by atoms with Crippen LogP contribution in [0.2, 0.25) is 0 Å². The van der Waals surface area contributed by atoms with E-state index in [0.717, 1.165) is 22.1 Å². The van der Waals surface area contributed by atoms with Crippen molar-refractivity contribution < 1.29 is 13.2 Å². The number of benzene rings is 2. The molecule has 180 valence electrons. The van der Waals surface area contributed by atoms with E-state index in [9.17, 15) is 13.2 Å². The molecule has 3 aromatic rings. The topological polar surface area (TPSA) is 72.3 Å². The van der Waals surface area contributed by atoms with Gasteiger partial charge in [-0.2, -0.15) is 0 Å². The second-order valence-corrected chi connectivity index (χ2v) is 12.7. The fraction of sp³-hybridized carbons (Fsp3) is 0.385. The van der Waals surface area contributed by atoms with Crippen LogP contribution in [0, 0.1) is 0 Å². The van der Waals surface area contributed by atoms with Gasteiger partial charge in [-0.1, -0.05) is 68.1 Å². The highest BCUT2D eigenvalue weighted by Gasteiger charge is 2.34. The SMILES string of the molecule is CC(C)c1ccc(-n2c(-c3ccccc3)cnc2S[C@H](C)C(=O)N(C)[C@H]2CCS(=O)(=O)C2)cc1. The monoisotopic (exact) mass is 497 g/mol. The molecule has 1 fully saturated rings. The van der Waals surface area contributed by atoms with E-state index in [-0.39, 0.29) is 23.5 Å². The van der Waals surface area contributed by atoms with E-state index in [2.05, 4.69) is 47.7 Å². The van der Waals surface area contributed by atoms with Gasteiger partial charge >= 0.3 is 0 Å². The fourth-order valence-electron chi connectivity index (χ4n) is 4.24. The lowest BCUT2D eigenvalue weighted by atomic mass is 10.0. The lowest BCUT2D eigenvalue weighted by molar-refractivity contribution is -0.130. The average Bonchev–Trinajstić information content (AvgIpc) is 3.41. The van der Waals surface area contributed by atoms with Gasteiger partial charge in [0.1, 0.15) is 0 Å². The van der Waals surface area contributed by atoms with Crippen LogP contribution in [0.15, 0.2) is 66.0 Å². The Hall–Kier alpha value is -2.58. The number of nitrogens with zero attached hydrogens (tertiary/aromatic N) is 3. The highest BCUT2D eigenvalue weighted by atomic mass is 32.2. The minimum Gasteiger partial charge on any atom is -0.341 e. The van der Waals surface area contributed by atoms with Gasteiger partial charge in [-0.05, 0) is 37.0 Å². The van der Waals surface area contributed by atoms with Crippen LogP contribution in [0.25, 0.3) is 16.9 Å². The van der Waals surface area contributed by atoms with Gasteiger partial charge in [0, 0.05) is 24.3 Å². The predicted octanol–water partition coefficient (Wildman–Crippen LogP) is 4.79. The quantitative estimate of drug-likeness (QED) is 0.439. The van der Waals surface area contributed by atoms with E-state index in [1.807, 2.05) is 43.5 Å². The molecule has 8 heteroatoms. The van der Waals surface area contributed by atoms with E-state index in [1.165, 1.54) is 17.3 Å². The first-order chi connectivity index (χ1) is 16.2. The smallest absolute Gasteiger partial charge is 0.235 e. The second-order valence-electron chi connectivity index (χ2n) is 9.14. The van der Waals surface area contributed by atoms with Crippen LogP contribution < -0.4 is 0 Å². The lowest BCUT2D eigenvalue weighted by Crippen LogP contribution is -2.41. The van der Waals surface area contributed by atoms with Gasteiger partial charge in [0.25, 0.3) is 0 Å². The van der Waals surface area contributed by atoms with Crippen LogP contribution in [0.1, 0.15) is 38.7 Å². The molecule has 1 aromatic heterocycles. The molecule has 2 aromatic carbocycles. The molecular weight excluding hydrogens is 466 g/mol. The van der Waals surface area contributed by atoms with Crippen LogP contribution in [0.3, 0.4) is 0 Å². The molecule has 0 radical (unpaired) electrons. The summed E-state index contributed by atoms with van der Waals surface area (Å²) in [7, 11) is -1.35. The first-order valence-corrected chi connectivity index (χ1v) is 14.2. The van der Waals surface area contributed by atoms with Crippen molar-refractivity contribution in [2.24, 2.45) is 0 Å². The fourth-order valence-corrected chi connectivity index (χ4v) is 7.02. The van der Waals surface area contributed by atoms with E-state index in [4.69, 9.17) is 0 Å². The van der Waals surface area contributed by atoms with Gasteiger partial charge in [-0.3, -0.25) is 9.36 Å². The number of carbonyl (C=O) groups is 1. The Morgan fingerprint density at radius 3 is 2.35 bits per heavy atom. The zero-order valence-electron chi connectivity index (χ0n) is 20.0. The molecule has 1 saturated heterocycles. The number of rotatable bonds is 7. The molecule has 34 heavy (non-hydrogen) atoms. The summed E-state index contributed by atoms with van der Waals surface area (Å²) >= 11 is 1.40. The van der Waals surface area contributed by atoms with E-state index >= 15 is 0 Å². The Kier molecular flexibility index (Phi) is 7.19. The number of hydrogen-bond donors (Lipinski definition) is 0. The maximum Gasteiger partial charge on any atom is 0.235 e. The van der Waals surface area contributed by atoms with Crippen molar-refractivity contribution in [3.63, 3.8) is 0 Å². The van der Waals surface area contributed by atoms with Gasteiger partial charge < -0.3 is 4.90 Å². The Labute approximate surface area is 206 Å². The lowest BCUT2D eigenvalue weighted by Gasteiger charge is -2.26. The summed E-state index contributed by atoms with van der Waals surface area (Å²) in [6.45, 7) is 6.20. The zero-order valence-corrected chi connectivity index (χ0v) is 21.6. The Morgan fingerprint density at radius 2 is 1.76 bits per heavy atom. The van der Waals surface area contributed by atoms with Crippen LogP contribution in [0.5, 0.6) is 0 Å². The summed E-state index contributed by atoms with van der Waals surface area (Å²) in [6, 6.07) is 18.3. The minimum absolute atomic E-state index is 0.0433. The largest absolute Gasteiger partial charge is 0.341 e. The zero-order chi connectivity index (χ0) is 24.5. The predicted molar refractivity (Wildman–Crippen MR) is 138 cm³/mol. The normalized spacial score (nSPS) is 18.2. The maximum absolute atomic E-state index is 13.2. The summed E-state index contributed by atoms with van der Waals surface area (Å²) in [5.41, 5.74) is 4.24. The number of sulfone groups is 1. The van der Waals surface area contributed by atoms with Gasteiger partial charge in [0.05, 0.1) is 28.6 Å². The highest BCUT2D eigenvalue weighted by molar-refractivity contribution is 8.00. The van der Waals surface area contributed by atoms with Gasteiger partial charge in [-0.15, -0.1) is 0 Å². The standard InChI is InChI=1S/C26H31N3O3S2/c1-18(2)20-10-12-22(13-11-20)29-24(21-8-6-5-7-9-21)16-27-26(29)33-19(3)25(30)28(4)23-14-15-34(31,32)17-23/h5-13,16,18-19,23H,14-15,17H2,1-4H3/t19-,23+/m1/s1. The molecule has 1 aliphatic rings. The first kappa shape index (κ1) is 24.5. The van der Waals surface area contributed by atoms with Crippen molar-refractivity contribution in [1.82, 2.24) is 14.5 Å². The molecule has 1 aliphatic heterocycles. The third-order valence-electron chi connectivity index (χ3n) is 6.35. The van der Waals surface area contributed by atoms with Gasteiger partial charge in [-0.25, -0.2) is 13.4 Å². The van der Waals surface area contributed by atoms with Crippen LogP contribution in [-0.4, -0.2) is 58.6 Å². The number of thioether (sulfide) groups is 1. The molecule has 0 bridgehead atoms. The first-order valence-electron chi connectivity index (χ1n) is 11.5. The minimum atomic E-state index is -3.06. The Morgan fingerprint density at radius 1 is 1.09 bits per heavy atom. The second kappa shape index (κ2) is 9.96. The Bertz CT molecular complexity index is 1250. The maximum atomic E-state index is 13.2. The van der Waals surface area contributed by atoms with Crippen molar-refractivity contribution in [2.75, 3.05) is 18.6 Å². The summed E-state index contributed by atoms with van der Waals surface area (Å²) in [5, 5.41) is 0.317. The molecule has 1 amide bonds. The molecular formula is C26H31N3O3S2. The third kappa shape index (κ3) is 5.23. The molecule has 0 aliphatic carbocycles. The van der Waals surface area contributed by atoms with E-state index in [0.29, 0.717) is 12.3 Å². The van der Waals surface area contributed by atoms with Crippen molar-refractivity contribution >= 4 is 27.5 Å². The summed E-state index contributed by atoms with van der Waals surface area (Å²) in [5.74, 6) is 0.542. The summed E-state index contributed by atoms with van der Waals surface area (Å²) in [6.07, 6.45) is 2.34. The molecule has 2 heterocycles. The molecule has 4 rings (SSSR count). The molecule has 2 atom stereocenters. The number of amides is 1. The average molecular weight is 498 g/mol. The molecule has 0 unspecified atom stereocenters. The number of imidazole rings is 1. The third-order valence-corrected chi connectivity index (χ3v) is 9.16. The number of aromatic nitrogens is 2. The number of carbonyl (C=O) groups excluding carboxylic acids is 1. The highest BCUT2D eigenvalue weighted by Crippen LogP contribution is 2.33. The molecule has 0 N–H and O–H groups in total. The van der Waals surface area contributed by atoms with E-state index < -0.39 is 15.1 Å². The van der Waals surface area contributed by atoms with Crippen molar-refractivity contribution in [1.29, 1.82) is 0 Å².